The molecule has 1 atom stereocenters. The molecule has 0 bridgehead atoms. The third kappa shape index (κ3) is 2.99. The van der Waals surface area contributed by atoms with E-state index in [9.17, 15) is 4.79 Å². The van der Waals surface area contributed by atoms with Gasteiger partial charge in [-0.3, -0.25) is 0 Å². The number of hydrogen-bond donors (Lipinski definition) is 1. The van der Waals surface area contributed by atoms with Gasteiger partial charge in [-0.25, -0.2) is 4.79 Å². The number of rotatable bonds is 3. The number of aryl methyl sites for hydroxylation is 1. The Hall–Kier alpha value is -3.67. The van der Waals surface area contributed by atoms with Crippen LogP contribution in [0.1, 0.15) is 23.6 Å². The Labute approximate surface area is 161 Å². The van der Waals surface area contributed by atoms with Gasteiger partial charge in [0.1, 0.15) is 17.0 Å². The first-order chi connectivity index (χ1) is 13.8. The molecule has 1 aromatic heterocycles. The Morgan fingerprint density at radius 3 is 2.71 bits per heavy atom. The van der Waals surface area contributed by atoms with E-state index in [4.69, 9.17) is 4.74 Å². The number of para-hydroxylation sites is 1. The van der Waals surface area contributed by atoms with Crippen LogP contribution in [0.3, 0.4) is 0 Å². The van der Waals surface area contributed by atoms with E-state index in [1.807, 2.05) is 48.5 Å². The highest BCUT2D eigenvalue weighted by Crippen LogP contribution is 2.31. The van der Waals surface area contributed by atoms with Gasteiger partial charge in [0.2, 0.25) is 0 Å². The molecule has 138 valence electrons. The van der Waals surface area contributed by atoms with Crippen LogP contribution < -0.4 is 10.1 Å². The first-order valence-electron chi connectivity index (χ1n) is 9.25. The minimum atomic E-state index is -0.277. The van der Waals surface area contributed by atoms with Gasteiger partial charge in [-0.15, -0.1) is 5.10 Å². The predicted octanol–water partition coefficient (Wildman–Crippen LogP) is 4.47. The second-order valence-electron chi connectivity index (χ2n) is 6.81. The molecule has 0 radical (unpaired) electrons. The van der Waals surface area contributed by atoms with Crippen LogP contribution in [0, 0.1) is 0 Å². The highest BCUT2D eigenvalue weighted by molar-refractivity contribution is 5.88. The van der Waals surface area contributed by atoms with Crippen LogP contribution in [-0.2, 0) is 6.42 Å². The number of nitrogens with one attached hydrogen (secondary N) is 1. The average Bonchev–Trinajstić information content (AvgIpc) is 3.33. The van der Waals surface area contributed by atoms with E-state index in [1.165, 1.54) is 15.8 Å². The molecule has 0 aliphatic heterocycles. The van der Waals surface area contributed by atoms with Crippen molar-refractivity contribution in [1.82, 2.24) is 20.3 Å². The van der Waals surface area contributed by atoms with E-state index in [1.54, 1.807) is 12.1 Å². The number of ether oxygens (including phenoxy) is 1. The van der Waals surface area contributed by atoms with Crippen LogP contribution in [0.15, 0.2) is 72.8 Å². The Morgan fingerprint density at radius 1 is 1.00 bits per heavy atom. The summed E-state index contributed by atoms with van der Waals surface area (Å²) >= 11 is 0. The van der Waals surface area contributed by atoms with Crippen LogP contribution in [0.25, 0.3) is 11.0 Å². The van der Waals surface area contributed by atoms with Crippen molar-refractivity contribution in [2.75, 3.05) is 0 Å². The van der Waals surface area contributed by atoms with Gasteiger partial charge in [-0.1, -0.05) is 47.7 Å². The maximum Gasteiger partial charge on any atom is 0.344 e. The lowest BCUT2D eigenvalue weighted by atomic mass is 10.1. The smallest absolute Gasteiger partial charge is 0.344 e. The third-order valence-electron chi connectivity index (χ3n) is 5.02. The van der Waals surface area contributed by atoms with E-state index < -0.39 is 0 Å². The van der Waals surface area contributed by atoms with Gasteiger partial charge in [0.05, 0.1) is 11.6 Å². The standard InChI is InChI=1S/C22H18N4O2/c27-22(23-19-12-10-15-6-4-5-9-18(15)19)26-21-13-11-17(14-20(21)24-25-26)28-16-7-2-1-3-8-16/h1-9,11,13-14,19H,10,12H2,(H,23,27)/t19-/m1/s1. The van der Waals surface area contributed by atoms with Crippen molar-refractivity contribution in [2.24, 2.45) is 0 Å². The zero-order chi connectivity index (χ0) is 18.9. The SMILES string of the molecule is O=C(N[C@@H]1CCc2ccccc21)n1nnc2cc(Oc3ccccc3)ccc21. The second kappa shape index (κ2) is 6.81. The number of benzene rings is 3. The maximum absolute atomic E-state index is 12.8. The van der Waals surface area contributed by atoms with Gasteiger partial charge in [-0.05, 0) is 48.2 Å². The number of hydrogen-bond acceptors (Lipinski definition) is 4. The molecular formula is C22H18N4O2. The molecule has 28 heavy (non-hydrogen) atoms. The van der Waals surface area contributed by atoms with Crippen molar-refractivity contribution in [3.63, 3.8) is 0 Å². The predicted molar refractivity (Wildman–Crippen MR) is 105 cm³/mol. The number of carbonyl (C=O) groups is 1. The van der Waals surface area contributed by atoms with E-state index in [2.05, 4.69) is 27.8 Å². The van der Waals surface area contributed by atoms with Gasteiger partial charge >= 0.3 is 6.03 Å². The van der Waals surface area contributed by atoms with Crippen molar-refractivity contribution in [1.29, 1.82) is 0 Å². The fraction of sp³-hybridized carbons (Fsp3) is 0.136. The van der Waals surface area contributed by atoms with Crippen LogP contribution in [-0.4, -0.2) is 21.0 Å². The van der Waals surface area contributed by atoms with Crippen molar-refractivity contribution in [2.45, 2.75) is 18.9 Å². The largest absolute Gasteiger partial charge is 0.457 e. The lowest BCUT2D eigenvalue weighted by Crippen LogP contribution is -2.32. The van der Waals surface area contributed by atoms with Crippen molar-refractivity contribution < 1.29 is 9.53 Å². The molecule has 1 amide bonds. The minimum absolute atomic E-state index is 0.00337. The molecule has 0 saturated heterocycles. The van der Waals surface area contributed by atoms with E-state index in [-0.39, 0.29) is 12.1 Å². The van der Waals surface area contributed by atoms with Gasteiger partial charge in [0.25, 0.3) is 0 Å². The molecule has 6 heteroatoms. The van der Waals surface area contributed by atoms with Gasteiger partial charge in [0, 0.05) is 6.07 Å². The van der Waals surface area contributed by atoms with Crippen molar-refractivity contribution in [3.05, 3.63) is 83.9 Å². The molecule has 0 saturated carbocycles. The summed E-state index contributed by atoms with van der Waals surface area (Å²) in [5.74, 6) is 1.39. The molecule has 0 unspecified atom stereocenters. The first-order valence-corrected chi connectivity index (χ1v) is 9.25. The average molecular weight is 370 g/mol. The second-order valence-corrected chi connectivity index (χ2v) is 6.81. The molecule has 0 spiro atoms. The number of carbonyl (C=O) groups excluding carboxylic acids is 1. The zero-order valence-electron chi connectivity index (χ0n) is 15.1. The summed E-state index contributed by atoms with van der Waals surface area (Å²) in [6, 6.07) is 22.9. The van der Waals surface area contributed by atoms with E-state index >= 15 is 0 Å². The van der Waals surface area contributed by atoms with Crippen LogP contribution >= 0.6 is 0 Å². The van der Waals surface area contributed by atoms with Gasteiger partial charge < -0.3 is 10.1 Å². The number of fused-ring (bicyclic) bond motifs is 2. The minimum Gasteiger partial charge on any atom is -0.457 e. The summed E-state index contributed by atoms with van der Waals surface area (Å²) in [6.45, 7) is 0. The highest BCUT2D eigenvalue weighted by Gasteiger charge is 2.25. The Morgan fingerprint density at radius 2 is 1.82 bits per heavy atom. The Bertz CT molecular complexity index is 1150. The lowest BCUT2D eigenvalue weighted by Gasteiger charge is -2.13. The molecule has 0 fully saturated rings. The summed E-state index contributed by atoms with van der Waals surface area (Å²) in [5.41, 5.74) is 3.72. The first kappa shape index (κ1) is 16.5. The van der Waals surface area contributed by atoms with E-state index in [0.29, 0.717) is 16.8 Å². The number of amides is 1. The van der Waals surface area contributed by atoms with Gasteiger partial charge in [-0.2, -0.15) is 4.68 Å². The van der Waals surface area contributed by atoms with Gasteiger partial charge in [0.15, 0.2) is 0 Å². The normalized spacial score (nSPS) is 15.4. The fourth-order valence-electron chi connectivity index (χ4n) is 3.66. The van der Waals surface area contributed by atoms with Crippen LogP contribution in [0.4, 0.5) is 4.79 Å². The quantitative estimate of drug-likeness (QED) is 0.578. The summed E-state index contributed by atoms with van der Waals surface area (Å²) in [5, 5.41) is 11.2. The van der Waals surface area contributed by atoms with Crippen molar-refractivity contribution in [3.8, 4) is 11.5 Å². The molecule has 1 aliphatic rings. The maximum atomic E-state index is 12.8. The van der Waals surface area contributed by atoms with Crippen LogP contribution in [0.2, 0.25) is 0 Å². The summed E-state index contributed by atoms with van der Waals surface area (Å²) in [7, 11) is 0. The fourth-order valence-corrected chi connectivity index (χ4v) is 3.66. The molecule has 1 aliphatic carbocycles. The molecule has 5 rings (SSSR count). The third-order valence-corrected chi connectivity index (χ3v) is 5.02. The summed E-state index contributed by atoms with van der Waals surface area (Å²) < 4.78 is 7.13. The monoisotopic (exact) mass is 370 g/mol. The lowest BCUT2D eigenvalue weighted by molar-refractivity contribution is 0.236. The molecular weight excluding hydrogens is 352 g/mol. The molecule has 1 N–H and O–H groups in total. The molecule has 6 nitrogen and oxygen atoms in total. The topological polar surface area (TPSA) is 69.0 Å². The van der Waals surface area contributed by atoms with Crippen molar-refractivity contribution >= 4 is 17.1 Å². The Kier molecular flexibility index (Phi) is 4.01. The summed E-state index contributed by atoms with van der Waals surface area (Å²) in [4.78, 5) is 12.8. The zero-order valence-corrected chi connectivity index (χ0v) is 15.1. The molecule has 4 aromatic rings. The molecule has 3 aromatic carbocycles. The summed E-state index contributed by atoms with van der Waals surface area (Å²) in [6.07, 6.45) is 1.87. The highest BCUT2D eigenvalue weighted by atomic mass is 16.5. The number of nitrogens with zero attached hydrogens (tertiary/aromatic N) is 3. The Balaban J connectivity index is 1.37. The molecule has 1 heterocycles. The van der Waals surface area contributed by atoms with E-state index in [0.717, 1.165) is 18.6 Å². The van der Waals surface area contributed by atoms with Crippen LogP contribution in [0.5, 0.6) is 11.5 Å². The number of aromatic nitrogens is 3.